The fraction of sp³-hybridized carbons (Fsp3) is 0.107. The summed E-state index contributed by atoms with van der Waals surface area (Å²) < 4.78 is 14.2. The molecule has 4 rings (SSSR count). The Hall–Kier alpha value is -4.50. The maximum Gasteiger partial charge on any atom is 0.328 e. The van der Waals surface area contributed by atoms with Crippen LogP contribution in [-0.2, 0) is 4.79 Å². The SMILES string of the molecule is N#Cc1c(C(=C(c2ccccc2)C2CC2)c2ccc(C=CC(=O)O)cc2)ccc(N)c1C(=N)F. The number of nitrogens with zero attached hydrogens (tertiary/aromatic N) is 1. The van der Waals surface area contributed by atoms with Gasteiger partial charge in [-0.2, -0.15) is 9.65 Å². The number of allylic oxidation sites excluding steroid dienone is 1. The molecule has 6 heteroatoms. The monoisotopic (exact) mass is 451 g/mol. The van der Waals surface area contributed by atoms with Crippen molar-refractivity contribution in [2.45, 2.75) is 12.8 Å². The third kappa shape index (κ3) is 4.64. The van der Waals surface area contributed by atoms with Gasteiger partial charge in [0.1, 0.15) is 6.07 Å². The van der Waals surface area contributed by atoms with Crippen LogP contribution >= 0.6 is 0 Å². The molecule has 0 saturated heterocycles. The number of benzene rings is 3. The summed E-state index contributed by atoms with van der Waals surface area (Å²) in [5.41, 5.74) is 10.6. The number of carboxylic acid groups (broad SMARTS) is 1. The number of carboxylic acids is 1. The van der Waals surface area contributed by atoms with E-state index in [-0.39, 0.29) is 22.7 Å². The van der Waals surface area contributed by atoms with Gasteiger partial charge in [-0.1, -0.05) is 60.7 Å². The first-order chi connectivity index (χ1) is 16.4. The highest BCUT2D eigenvalue weighted by atomic mass is 19.1. The molecule has 0 spiro atoms. The number of nitrogens with one attached hydrogen (secondary N) is 1. The van der Waals surface area contributed by atoms with E-state index in [1.165, 1.54) is 12.1 Å². The average Bonchev–Trinajstić information content (AvgIpc) is 3.67. The van der Waals surface area contributed by atoms with E-state index in [0.29, 0.717) is 11.1 Å². The number of hydrogen-bond acceptors (Lipinski definition) is 4. The van der Waals surface area contributed by atoms with E-state index in [4.69, 9.17) is 16.2 Å². The first-order valence-electron chi connectivity index (χ1n) is 10.8. The molecule has 1 saturated carbocycles. The van der Waals surface area contributed by atoms with Crippen molar-refractivity contribution in [3.63, 3.8) is 0 Å². The molecule has 1 aliphatic carbocycles. The Morgan fingerprint density at radius 3 is 2.29 bits per heavy atom. The summed E-state index contributed by atoms with van der Waals surface area (Å²) in [6.07, 6.45) is 4.56. The molecule has 34 heavy (non-hydrogen) atoms. The molecule has 0 amide bonds. The standard InChI is InChI=1S/C28H22FN3O2/c29-28(32)27-22(16-30)21(13-14-23(27)31)26(20-9-6-17(7-10-20)8-15-24(33)34)25(19-11-12-19)18-4-2-1-3-5-18/h1-10,13-15,19,32H,11-12,31H2,(H,33,34). The van der Waals surface area contributed by atoms with E-state index < -0.39 is 11.9 Å². The second-order valence-electron chi connectivity index (χ2n) is 8.10. The third-order valence-corrected chi connectivity index (χ3v) is 5.80. The van der Waals surface area contributed by atoms with Crippen molar-refractivity contribution in [1.82, 2.24) is 0 Å². The molecule has 0 bridgehead atoms. The van der Waals surface area contributed by atoms with Gasteiger partial charge in [0, 0.05) is 17.3 Å². The molecule has 0 heterocycles. The maximum absolute atomic E-state index is 14.2. The van der Waals surface area contributed by atoms with Crippen LogP contribution in [0.4, 0.5) is 10.1 Å². The van der Waals surface area contributed by atoms with Gasteiger partial charge in [-0.05, 0) is 58.7 Å². The minimum absolute atomic E-state index is 0.0198. The van der Waals surface area contributed by atoms with Gasteiger partial charge >= 0.3 is 5.97 Å². The minimum Gasteiger partial charge on any atom is -0.478 e. The first kappa shape index (κ1) is 22.7. The molecule has 4 N–H and O–H groups in total. The number of carbonyl (C=O) groups is 1. The van der Waals surface area contributed by atoms with Gasteiger partial charge in [0.25, 0.3) is 0 Å². The molecule has 5 nitrogen and oxygen atoms in total. The summed E-state index contributed by atoms with van der Waals surface area (Å²) in [6, 6.07) is 22.5. The molecule has 0 aliphatic heterocycles. The Kier molecular flexibility index (Phi) is 6.37. The number of rotatable bonds is 7. The summed E-state index contributed by atoms with van der Waals surface area (Å²) >= 11 is 0. The Morgan fingerprint density at radius 2 is 1.74 bits per heavy atom. The van der Waals surface area contributed by atoms with Crippen molar-refractivity contribution in [3.05, 3.63) is 106 Å². The Bertz CT molecular complexity index is 1360. The highest BCUT2D eigenvalue weighted by molar-refractivity contribution is 6.06. The lowest BCUT2D eigenvalue weighted by molar-refractivity contribution is -0.131. The molecule has 0 aromatic heterocycles. The molecular formula is C28H22FN3O2. The molecule has 1 aliphatic rings. The van der Waals surface area contributed by atoms with Crippen LogP contribution in [0.15, 0.2) is 72.8 Å². The van der Waals surface area contributed by atoms with Crippen LogP contribution < -0.4 is 5.73 Å². The van der Waals surface area contributed by atoms with E-state index in [9.17, 15) is 14.4 Å². The second kappa shape index (κ2) is 9.55. The van der Waals surface area contributed by atoms with Gasteiger partial charge < -0.3 is 10.8 Å². The van der Waals surface area contributed by atoms with Crippen molar-refractivity contribution in [2.75, 3.05) is 5.73 Å². The summed E-state index contributed by atoms with van der Waals surface area (Å²) in [5.74, 6) is -2.01. The smallest absolute Gasteiger partial charge is 0.328 e. The average molecular weight is 452 g/mol. The normalized spacial score (nSPS) is 13.9. The van der Waals surface area contributed by atoms with Crippen molar-refractivity contribution < 1.29 is 14.3 Å². The Labute approximate surface area is 196 Å². The first-order valence-corrected chi connectivity index (χ1v) is 10.8. The number of nitrogens with two attached hydrogens (primary N) is 1. The van der Waals surface area contributed by atoms with E-state index in [0.717, 1.165) is 41.2 Å². The third-order valence-electron chi connectivity index (χ3n) is 5.80. The van der Waals surface area contributed by atoms with Gasteiger partial charge in [-0.25, -0.2) is 4.79 Å². The van der Waals surface area contributed by atoms with Gasteiger partial charge in [0.05, 0.1) is 11.1 Å². The zero-order valence-corrected chi connectivity index (χ0v) is 18.3. The topological polar surface area (TPSA) is 111 Å². The number of halogens is 1. The predicted octanol–water partition coefficient (Wildman–Crippen LogP) is 5.90. The second-order valence-corrected chi connectivity index (χ2v) is 8.10. The zero-order valence-electron chi connectivity index (χ0n) is 18.3. The van der Waals surface area contributed by atoms with E-state index in [2.05, 4.69) is 6.07 Å². The van der Waals surface area contributed by atoms with Crippen LogP contribution in [0.1, 0.15) is 46.2 Å². The van der Waals surface area contributed by atoms with Crippen LogP contribution in [-0.4, -0.2) is 17.0 Å². The molecule has 3 aromatic rings. The highest BCUT2D eigenvalue weighted by Crippen LogP contribution is 2.48. The minimum atomic E-state index is -1.25. The largest absolute Gasteiger partial charge is 0.478 e. The number of nitrogen functional groups attached to an aromatic ring is 1. The Morgan fingerprint density at radius 1 is 1.06 bits per heavy atom. The summed E-state index contributed by atoms with van der Waals surface area (Å²) in [5, 5.41) is 26.5. The molecule has 168 valence electrons. The van der Waals surface area contributed by atoms with Crippen molar-refractivity contribution >= 4 is 34.8 Å². The van der Waals surface area contributed by atoms with Crippen LogP contribution in [0, 0.1) is 22.7 Å². The predicted molar refractivity (Wildman–Crippen MR) is 132 cm³/mol. The van der Waals surface area contributed by atoms with Gasteiger partial charge in [0.15, 0.2) is 0 Å². The lowest BCUT2D eigenvalue weighted by Gasteiger charge is -2.20. The molecule has 0 atom stereocenters. The number of aliphatic carboxylic acids is 1. The Balaban J connectivity index is 2.02. The van der Waals surface area contributed by atoms with E-state index >= 15 is 0 Å². The van der Waals surface area contributed by atoms with Crippen LogP contribution in [0.25, 0.3) is 17.2 Å². The van der Waals surface area contributed by atoms with Gasteiger partial charge in [0.2, 0.25) is 5.97 Å². The number of hydrogen-bond donors (Lipinski definition) is 3. The highest BCUT2D eigenvalue weighted by Gasteiger charge is 2.32. The number of nitriles is 1. The van der Waals surface area contributed by atoms with Gasteiger partial charge in [-0.3, -0.25) is 5.41 Å². The van der Waals surface area contributed by atoms with Crippen LogP contribution in [0.2, 0.25) is 0 Å². The van der Waals surface area contributed by atoms with Crippen molar-refractivity contribution in [3.8, 4) is 6.07 Å². The molecular weight excluding hydrogens is 429 g/mol. The summed E-state index contributed by atoms with van der Waals surface area (Å²) in [7, 11) is 0. The summed E-state index contributed by atoms with van der Waals surface area (Å²) in [6.45, 7) is 0. The fourth-order valence-electron chi connectivity index (χ4n) is 4.14. The maximum atomic E-state index is 14.2. The lowest BCUT2D eigenvalue weighted by Crippen LogP contribution is -2.07. The molecule has 0 radical (unpaired) electrons. The lowest BCUT2D eigenvalue weighted by atomic mass is 9.83. The zero-order chi connectivity index (χ0) is 24.2. The number of anilines is 1. The fourth-order valence-corrected chi connectivity index (χ4v) is 4.14. The molecule has 1 fully saturated rings. The van der Waals surface area contributed by atoms with Crippen molar-refractivity contribution in [1.29, 1.82) is 10.7 Å². The van der Waals surface area contributed by atoms with Crippen molar-refractivity contribution in [2.24, 2.45) is 5.92 Å². The van der Waals surface area contributed by atoms with Crippen LogP contribution in [0.3, 0.4) is 0 Å². The van der Waals surface area contributed by atoms with E-state index in [1.807, 2.05) is 42.5 Å². The summed E-state index contributed by atoms with van der Waals surface area (Å²) in [4.78, 5) is 10.9. The van der Waals surface area contributed by atoms with Gasteiger partial charge in [-0.15, -0.1) is 0 Å². The quantitative estimate of drug-likeness (QED) is 0.180. The molecule has 3 aromatic carbocycles. The molecule has 0 unspecified atom stereocenters. The van der Waals surface area contributed by atoms with Crippen LogP contribution in [0.5, 0.6) is 0 Å². The van der Waals surface area contributed by atoms with E-state index in [1.54, 1.807) is 18.2 Å².